The first-order valence-electron chi connectivity index (χ1n) is 7.05. The van der Waals surface area contributed by atoms with E-state index in [1.807, 2.05) is 97.7 Å². The van der Waals surface area contributed by atoms with E-state index in [9.17, 15) is 4.89 Å². The molecule has 0 aliphatic carbocycles. The SMILES string of the molecule is CP(O)(c1ccccc1)(c1ccccc1)c1ccccc1. The second kappa shape index (κ2) is 5.11. The van der Waals surface area contributed by atoms with Gasteiger partial charge < -0.3 is 0 Å². The van der Waals surface area contributed by atoms with Crippen LogP contribution in [-0.4, -0.2) is 11.6 Å². The molecule has 21 heavy (non-hydrogen) atoms. The minimum absolute atomic E-state index is 0.987. The fraction of sp³-hybridized carbons (Fsp3) is 0.0526. The molecule has 0 aromatic heterocycles. The Kier molecular flexibility index (Phi) is 3.41. The second-order valence-electron chi connectivity index (χ2n) is 5.51. The molecule has 1 nitrogen and oxygen atoms in total. The van der Waals surface area contributed by atoms with Gasteiger partial charge in [0.15, 0.2) is 0 Å². The number of hydrogen-bond acceptors (Lipinski definition) is 1. The first-order valence-corrected chi connectivity index (χ1v) is 9.69. The van der Waals surface area contributed by atoms with E-state index in [1.165, 1.54) is 0 Å². The van der Waals surface area contributed by atoms with Crippen LogP contribution in [0.15, 0.2) is 91.0 Å². The molecular weight excluding hydrogens is 275 g/mol. The Morgan fingerprint density at radius 1 is 0.524 bits per heavy atom. The number of rotatable bonds is 3. The van der Waals surface area contributed by atoms with Crippen molar-refractivity contribution in [3.05, 3.63) is 91.0 Å². The topological polar surface area (TPSA) is 20.2 Å². The van der Waals surface area contributed by atoms with Gasteiger partial charge in [0.1, 0.15) is 0 Å². The van der Waals surface area contributed by atoms with Gasteiger partial charge in [-0.15, -0.1) is 0 Å². The molecule has 0 radical (unpaired) electrons. The third-order valence-electron chi connectivity index (χ3n) is 4.16. The molecule has 0 bridgehead atoms. The van der Waals surface area contributed by atoms with Crippen LogP contribution in [0.2, 0.25) is 0 Å². The molecule has 3 rings (SSSR count). The summed E-state index contributed by atoms with van der Waals surface area (Å²) in [6, 6.07) is 30.0. The average Bonchev–Trinajstić information content (AvgIpc) is 2.57. The molecule has 0 fully saturated rings. The summed E-state index contributed by atoms with van der Waals surface area (Å²) in [6.45, 7) is -1.37. The summed E-state index contributed by atoms with van der Waals surface area (Å²) in [4.78, 5) is 12.0. The summed E-state index contributed by atoms with van der Waals surface area (Å²) in [5, 5.41) is 2.96. The van der Waals surface area contributed by atoms with Crippen LogP contribution < -0.4 is 15.9 Å². The summed E-state index contributed by atoms with van der Waals surface area (Å²) in [5.41, 5.74) is 0. The molecule has 2 heteroatoms. The van der Waals surface area contributed by atoms with Gasteiger partial charge in [0.05, 0.1) is 0 Å². The van der Waals surface area contributed by atoms with Crippen LogP contribution in [0.25, 0.3) is 0 Å². The zero-order valence-corrected chi connectivity index (χ0v) is 12.9. The summed E-state index contributed by atoms with van der Waals surface area (Å²) < 4.78 is 0. The molecule has 0 saturated heterocycles. The van der Waals surface area contributed by atoms with Crippen molar-refractivity contribution in [1.29, 1.82) is 0 Å². The summed E-state index contributed by atoms with van der Waals surface area (Å²) in [7, 11) is 0. The Balaban J connectivity index is 2.36. The van der Waals surface area contributed by atoms with E-state index < -0.39 is 6.83 Å². The van der Waals surface area contributed by atoms with Crippen molar-refractivity contribution in [2.45, 2.75) is 0 Å². The second-order valence-corrected chi connectivity index (χ2v) is 10.1. The monoisotopic (exact) mass is 294 g/mol. The van der Waals surface area contributed by atoms with E-state index in [2.05, 4.69) is 0 Å². The van der Waals surface area contributed by atoms with E-state index >= 15 is 0 Å². The number of benzene rings is 3. The summed E-state index contributed by atoms with van der Waals surface area (Å²) >= 11 is 0. The molecule has 106 valence electrons. The van der Waals surface area contributed by atoms with Gasteiger partial charge in [-0.25, -0.2) is 0 Å². The van der Waals surface area contributed by atoms with E-state index in [4.69, 9.17) is 0 Å². The van der Waals surface area contributed by atoms with Crippen LogP contribution in [0.1, 0.15) is 0 Å². The van der Waals surface area contributed by atoms with Crippen molar-refractivity contribution in [1.82, 2.24) is 0 Å². The van der Waals surface area contributed by atoms with Crippen molar-refractivity contribution in [3.63, 3.8) is 0 Å². The van der Waals surface area contributed by atoms with Gasteiger partial charge in [-0.1, -0.05) is 0 Å². The minimum atomic E-state index is -3.37. The van der Waals surface area contributed by atoms with Gasteiger partial charge in [0.25, 0.3) is 0 Å². The fourth-order valence-corrected chi connectivity index (χ4v) is 6.43. The Bertz CT molecular complexity index is 618. The molecule has 0 unspecified atom stereocenters. The third-order valence-corrected chi connectivity index (χ3v) is 8.85. The normalized spacial score (nSPS) is 13.3. The van der Waals surface area contributed by atoms with Gasteiger partial charge in [-0.3, -0.25) is 0 Å². The maximum atomic E-state index is 12.0. The van der Waals surface area contributed by atoms with E-state index in [0.717, 1.165) is 15.9 Å². The summed E-state index contributed by atoms with van der Waals surface area (Å²) in [5.74, 6) is 0. The Morgan fingerprint density at radius 3 is 1.00 bits per heavy atom. The van der Waals surface area contributed by atoms with Gasteiger partial charge in [0, 0.05) is 0 Å². The van der Waals surface area contributed by atoms with Gasteiger partial charge in [-0.05, 0) is 0 Å². The van der Waals surface area contributed by atoms with Crippen molar-refractivity contribution in [2.24, 2.45) is 0 Å². The van der Waals surface area contributed by atoms with Crippen LogP contribution in [0.4, 0.5) is 0 Å². The standard InChI is InChI=1S/C19H19OP/c1-21(20,17-11-5-2-6-12-17,18-13-7-3-8-14-18)19-15-9-4-10-16-19/h2-16,20H,1H3. The maximum absolute atomic E-state index is 12.0. The molecule has 1 N–H and O–H groups in total. The Hall–Kier alpha value is -1.95. The van der Waals surface area contributed by atoms with Crippen LogP contribution in [0.3, 0.4) is 0 Å². The third kappa shape index (κ3) is 2.19. The first-order chi connectivity index (χ1) is 10.1. The molecule has 0 atom stereocenters. The Morgan fingerprint density at radius 2 is 0.762 bits per heavy atom. The zero-order chi connectivity index (χ0) is 14.8. The van der Waals surface area contributed by atoms with Crippen LogP contribution in [-0.2, 0) is 0 Å². The predicted octanol–water partition coefficient (Wildman–Crippen LogP) is 3.05. The predicted molar refractivity (Wildman–Crippen MR) is 93.3 cm³/mol. The molecule has 3 aromatic rings. The van der Waals surface area contributed by atoms with Gasteiger partial charge in [-0.2, -0.15) is 0 Å². The van der Waals surface area contributed by atoms with Crippen LogP contribution in [0, 0.1) is 0 Å². The molecule has 0 heterocycles. The van der Waals surface area contributed by atoms with Crippen LogP contribution >= 0.6 is 6.83 Å². The van der Waals surface area contributed by atoms with E-state index in [1.54, 1.807) is 0 Å². The molecule has 0 aliphatic heterocycles. The van der Waals surface area contributed by atoms with Crippen molar-refractivity contribution in [2.75, 3.05) is 6.66 Å². The van der Waals surface area contributed by atoms with Crippen molar-refractivity contribution in [3.8, 4) is 0 Å². The van der Waals surface area contributed by atoms with Gasteiger partial charge in [0.2, 0.25) is 0 Å². The van der Waals surface area contributed by atoms with E-state index in [-0.39, 0.29) is 0 Å². The van der Waals surface area contributed by atoms with Gasteiger partial charge >= 0.3 is 125 Å². The quantitative estimate of drug-likeness (QED) is 0.736. The fourth-order valence-electron chi connectivity index (χ4n) is 2.83. The van der Waals surface area contributed by atoms with Crippen molar-refractivity contribution >= 4 is 22.7 Å². The van der Waals surface area contributed by atoms with Crippen LogP contribution in [0.5, 0.6) is 0 Å². The average molecular weight is 294 g/mol. The molecule has 0 amide bonds. The number of hydrogen-bond donors (Lipinski definition) is 1. The molecule has 0 saturated carbocycles. The molecule has 0 spiro atoms. The summed E-state index contributed by atoms with van der Waals surface area (Å²) in [6.07, 6.45) is 0. The zero-order valence-electron chi connectivity index (χ0n) is 12.1. The van der Waals surface area contributed by atoms with E-state index in [0.29, 0.717) is 0 Å². The first kappa shape index (κ1) is 14.0. The van der Waals surface area contributed by atoms with Crippen molar-refractivity contribution < 1.29 is 4.89 Å². The molecule has 0 aliphatic rings. The Labute approximate surface area is 125 Å². The molecule has 3 aromatic carbocycles. The molecular formula is C19H19OP.